The number of amides is 1. The largest absolute Gasteiger partial charge is 0.339 e. The molecule has 110 valence electrons. The second-order valence-corrected chi connectivity index (χ2v) is 5.71. The Morgan fingerprint density at radius 1 is 1.20 bits per heavy atom. The number of halogens is 3. The minimum absolute atomic E-state index is 0.137. The second kappa shape index (κ2) is 5.46. The van der Waals surface area contributed by atoms with Gasteiger partial charge in [0.25, 0.3) is 5.91 Å². The molecule has 0 spiro atoms. The van der Waals surface area contributed by atoms with Crippen LogP contribution in [0.25, 0.3) is 0 Å². The van der Waals surface area contributed by atoms with Gasteiger partial charge in [-0.2, -0.15) is 0 Å². The van der Waals surface area contributed by atoms with Crippen molar-refractivity contribution in [2.45, 2.75) is 33.1 Å². The molecule has 0 bridgehead atoms. The molecule has 20 heavy (non-hydrogen) atoms. The topological polar surface area (TPSA) is 20.3 Å². The molecule has 1 saturated heterocycles. The molecule has 5 heteroatoms. The third-order valence-electron chi connectivity index (χ3n) is 4.34. The summed E-state index contributed by atoms with van der Waals surface area (Å²) in [6, 6.07) is 1.52. The highest BCUT2D eigenvalue weighted by molar-refractivity contribution is 5.94. The lowest BCUT2D eigenvalue weighted by Gasteiger charge is -2.39. The van der Waals surface area contributed by atoms with Gasteiger partial charge in [-0.1, -0.05) is 20.3 Å². The Morgan fingerprint density at radius 3 is 2.15 bits per heavy atom. The van der Waals surface area contributed by atoms with E-state index in [9.17, 15) is 18.0 Å². The number of rotatable bonds is 2. The molecule has 1 heterocycles. The summed E-state index contributed by atoms with van der Waals surface area (Å²) in [5, 5.41) is 0. The first kappa shape index (κ1) is 14.9. The van der Waals surface area contributed by atoms with E-state index in [-0.39, 0.29) is 11.0 Å². The van der Waals surface area contributed by atoms with Crippen LogP contribution in [-0.2, 0) is 0 Å². The molecule has 0 atom stereocenters. The van der Waals surface area contributed by atoms with Gasteiger partial charge in [0.2, 0.25) is 0 Å². The smallest absolute Gasteiger partial charge is 0.254 e. The van der Waals surface area contributed by atoms with Crippen LogP contribution in [0.5, 0.6) is 0 Å². The Hall–Kier alpha value is -1.52. The molecule has 0 unspecified atom stereocenters. The molecule has 1 aliphatic heterocycles. The van der Waals surface area contributed by atoms with E-state index >= 15 is 0 Å². The minimum atomic E-state index is -1.54. The zero-order chi connectivity index (χ0) is 14.9. The van der Waals surface area contributed by atoms with Crippen LogP contribution in [0, 0.1) is 22.9 Å². The van der Waals surface area contributed by atoms with E-state index < -0.39 is 23.4 Å². The first-order valence-corrected chi connectivity index (χ1v) is 6.80. The van der Waals surface area contributed by atoms with Gasteiger partial charge in [-0.25, -0.2) is 13.2 Å². The Kier molecular flexibility index (Phi) is 4.06. The average Bonchev–Trinajstić information content (AvgIpc) is 2.44. The zero-order valence-electron chi connectivity index (χ0n) is 11.7. The standard InChI is InChI=1S/C15H18F3NO/c1-3-15(2)4-6-19(7-5-15)14(20)10-8-11(16)13(18)12(17)9-10/h8-9H,3-7H2,1-2H3. The SMILES string of the molecule is CCC1(C)CCN(C(=O)c2cc(F)c(F)c(F)c2)CC1. The van der Waals surface area contributed by atoms with E-state index in [1.807, 2.05) is 0 Å². The van der Waals surface area contributed by atoms with Crippen LogP contribution in [0.3, 0.4) is 0 Å². The van der Waals surface area contributed by atoms with Crippen molar-refractivity contribution in [3.8, 4) is 0 Å². The fourth-order valence-corrected chi connectivity index (χ4v) is 2.46. The van der Waals surface area contributed by atoms with Gasteiger partial charge in [-0.3, -0.25) is 4.79 Å². The van der Waals surface area contributed by atoms with Crippen LogP contribution in [0.4, 0.5) is 13.2 Å². The van der Waals surface area contributed by atoms with E-state index in [4.69, 9.17) is 0 Å². The third-order valence-corrected chi connectivity index (χ3v) is 4.34. The van der Waals surface area contributed by atoms with Crippen LogP contribution in [0.1, 0.15) is 43.5 Å². The summed E-state index contributed by atoms with van der Waals surface area (Å²) in [6.07, 6.45) is 2.76. The second-order valence-electron chi connectivity index (χ2n) is 5.71. The van der Waals surface area contributed by atoms with Crippen LogP contribution < -0.4 is 0 Å². The predicted molar refractivity (Wildman–Crippen MR) is 69.9 cm³/mol. The molecule has 1 fully saturated rings. The quantitative estimate of drug-likeness (QED) is 0.758. The molecule has 2 rings (SSSR count). The van der Waals surface area contributed by atoms with Crippen molar-refractivity contribution in [3.63, 3.8) is 0 Å². The molecule has 1 aromatic rings. The maximum Gasteiger partial charge on any atom is 0.254 e. The van der Waals surface area contributed by atoms with Crippen LogP contribution in [-0.4, -0.2) is 23.9 Å². The van der Waals surface area contributed by atoms with Gasteiger partial charge in [0, 0.05) is 18.7 Å². The van der Waals surface area contributed by atoms with Crippen LogP contribution in [0.2, 0.25) is 0 Å². The predicted octanol–water partition coefficient (Wildman–Crippen LogP) is 3.76. The van der Waals surface area contributed by atoms with E-state index in [1.165, 1.54) is 0 Å². The van der Waals surface area contributed by atoms with Crippen molar-refractivity contribution >= 4 is 5.91 Å². The number of carbonyl (C=O) groups excluding carboxylic acids is 1. The van der Waals surface area contributed by atoms with Gasteiger partial charge >= 0.3 is 0 Å². The number of nitrogens with zero attached hydrogens (tertiary/aromatic N) is 1. The molecule has 0 radical (unpaired) electrons. The first-order chi connectivity index (χ1) is 9.36. The number of carbonyl (C=O) groups is 1. The summed E-state index contributed by atoms with van der Waals surface area (Å²) >= 11 is 0. The summed E-state index contributed by atoms with van der Waals surface area (Å²) in [5.74, 6) is -4.65. The number of hydrogen-bond acceptors (Lipinski definition) is 1. The number of benzene rings is 1. The lowest BCUT2D eigenvalue weighted by Crippen LogP contribution is -2.42. The fraction of sp³-hybridized carbons (Fsp3) is 0.533. The maximum atomic E-state index is 13.2. The number of hydrogen-bond donors (Lipinski definition) is 0. The molecule has 0 saturated carbocycles. The highest BCUT2D eigenvalue weighted by Crippen LogP contribution is 2.34. The van der Waals surface area contributed by atoms with Gasteiger partial charge < -0.3 is 4.90 Å². The van der Waals surface area contributed by atoms with Gasteiger partial charge in [-0.05, 0) is 30.4 Å². The summed E-state index contributed by atoms with van der Waals surface area (Å²) < 4.78 is 39.2. The van der Waals surface area contributed by atoms with E-state index in [2.05, 4.69) is 13.8 Å². The highest BCUT2D eigenvalue weighted by Gasteiger charge is 2.31. The van der Waals surface area contributed by atoms with E-state index in [1.54, 1.807) is 4.90 Å². The highest BCUT2D eigenvalue weighted by atomic mass is 19.2. The minimum Gasteiger partial charge on any atom is -0.339 e. The molecule has 0 aliphatic carbocycles. The third kappa shape index (κ3) is 2.81. The molecular formula is C15H18F3NO. The molecule has 1 amide bonds. The van der Waals surface area contributed by atoms with E-state index in [0.717, 1.165) is 31.4 Å². The van der Waals surface area contributed by atoms with Crippen molar-refractivity contribution in [2.75, 3.05) is 13.1 Å². The monoisotopic (exact) mass is 285 g/mol. The lowest BCUT2D eigenvalue weighted by atomic mass is 9.78. The number of piperidine rings is 1. The Balaban J connectivity index is 2.13. The van der Waals surface area contributed by atoms with Crippen molar-refractivity contribution in [2.24, 2.45) is 5.41 Å². The molecule has 0 N–H and O–H groups in total. The van der Waals surface area contributed by atoms with Crippen molar-refractivity contribution in [1.29, 1.82) is 0 Å². The summed E-state index contributed by atoms with van der Waals surface area (Å²) in [5.41, 5.74) is 0.0808. The Morgan fingerprint density at radius 2 is 1.70 bits per heavy atom. The molecule has 1 aromatic carbocycles. The van der Waals surface area contributed by atoms with Gasteiger partial charge in [0.05, 0.1) is 0 Å². The molecule has 1 aliphatic rings. The molecular weight excluding hydrogens is 267 g/mol. The Labute approximate surface area is 116 Å². The van der Waals surface area contributed by atoms with Gasteiger partial charge in [0.1, 0.15) is 0 Å². The summed E-state index contributed by atoms with van der Waals surface area (Å²) in [6.45, 7) is 5.40. The molecule has 2 nitrogen and oxygen atoms in total. The summed E-state index contributed by atoms with van der Waals surface area (Å²) in [4.78, 5) is 13.8. The normalized spacial score (nSPS) is 18.1. The average molecular weight is 285 g/mol. The fourth-order valence-electron chi connectivity index (χ4n) is 2.46. The maximum absolute atomic E-state index is 13.2. The first-order valence-electron chi connectivity index (χ1n) is 6.80. The van der Waals surface area contributed by atoms with Crippen LogP contribution >= 0.6 is 0 Å². The Bertz CT molecular complexity index is 499. The van der Waals surface area contributed by atoms with Gasteiger partial charge in [-0.15, -0.1) is 0 Å². The van der Waals surface area contributed by atoms with Crippen molar-refractivity contribution in [1.82, 2.24) is 4.90 Å². The van der Waals surface area contributed by atoms with E-state index in [0.29, 0.717) is 13.1 Å². The van der Waals surface area contributed by atoms with Crippen LogP contribution in [0.15, 0.2) is 12.1 Å². The lowest BCUT2D eigenvalue weighted by molar-refractivity contribution is 0.0599. The van der Waals surface area contributed by atoms with Crippen molar-refractivity contribution in [3.05, 3.63) is 35.1 Å². The zero-order valence-corrected chi connectivity index (χ0v) is 11.7. The molecule has 0 aromatic heterocycles. The van der Waals surface area contributed by atoms with Crippen molar-refractivity contribution < 1.29 is 18.0 Å². The van der Waals surface area contributed by atoms with Gasteiger partial charge in [0.15, 0.2) is 17.5 Å². The summed E-state index contributed by atoms with van der Waals surface area (Å²) in [7, 11) is 0. The number of likely N-dealkylation sites (tertiary alicyclic amines) is 1.